The van der Waals surface area contributed by atoms with Crippen molar-refractivity contribution in [3.05, 3.63) is 75.2 Å². The number of nitro groups is 1. The quantitative estimate of drug-likeness (QED) is 0.415. The predicted molar refractivity (Wildman–Crippen MR) is 103 cm³/mol. The first kappa shape index (κ1) is 16.9. The zero-order valence-corrected chi connectivity index (χ0v) is 14.7. The summed E-state index contributed by atoms with van der Waals surface area (Å²) >= 11 is 1.38. The molecule has 0 saturated carbocycles. The summed E-state index contributed by atoms with van der Waals surface area (Å²) in [5, 5.41) is 13.9. The molecule has 2 heterocycles. The van der Waals surface area contributed by atoms with Gasteiger partial charge in [-0.1, -0.05) is 23.5 Å². The number of rotatable bonds is 4. The highest BCUT2D eigenvalue weighted by molar-refractivity contribution is 7.16. The van der Waals surface area contributed by atoms with Gasteiger partial charge < -0.3 is 4.74 Å². The Morgan fingerprint density at radius 1 is 1.22 bits per heavy atom. The summed E-state index contributed by atoms with van der Waals surface area (Å²) < 4.78 is 5.70. The van der Waals surface area contributed by atoms with Crippen LogP contribution >= 0.6 is 11.3 Å². The smallest absolute Gasteiger partial charge is 0.269 e. The highest BCUT2D eigenvalue weighted by Gasteiger charge is 2.22. The zero-order valence-electron chi connectivity index (χ0n) is 13.9. The number of ether oxygens (including phenoxy) is 1. The van der Waals surface area contributed by atoms with Crippen molar-refractivity contribution in [2.45, 2.75) is 6.61 Å². The Kier molecular flexibility index (Phi) is 4.39. The fourth-order valence-corrected chi connectivity index (χ4v) is 3.56. The molecule has 1 amide bonds. The lowest BCUT2D eigenvalue weighted by Crippen LogP contribution is -2.07. The minimum atomic E-state index is -0.466. The van der Waals surface area contributed by atoms with Crippen LogP contribution in [0.5, 0.6) is 5.75 Å². The van der Waals surface area contributed by atoms with Crippen molar-refractivity contribution in [2.24, 2.45) is 0 Å². The standard InChI is InChI=1S/C19H13N3O4S/c23-17(10-7-12-5-8-13(9-6-12)22(24)25)20-19-21-18-14-3-1-2-4-15(14)26-11-16(18)27-19/h1-10H,11H2,(H,20,21,23)/b10-7+. The number of amides is 1. The van der Waals surface area contributed by atoms with Crippen molar-refractivity contribution < 1.29 is 14.5 Å². The largest absolute Gasteiger partial charge is 0.487 e. The van der Waals surface area contributed by atoms with E-state index in [1.807, 2.05) is 24.3 Å². The lowest BCUT2D eigenvalue weighted by Gasteiger charge is -2.15. The number of benzene rings is 2. The van der Waals surface area contributed by atoms with Gasteiger partial charge in [0, 0.05) is 23.8 Å². The normalized spacial score (nSPS) is 12.1. The molecule has 0 unspecified atom stereocenters. The SMILES string of the molecule is O=C(/C=C/c1ccc([N+](=O)[O-])cc1)Nc1nc2c(s1)COc1ccccc1-2. The van der Waals surface area contributed by atoms with Crippen molar-refractivity contribution in [3.63, 3.8) is 0 Å². The number of thiazole rings is 1. The van der Waals surface area contributed by atoms with E-state index in [1.54, 1.807) is 18.2 Å². The summed E-state index contributed by atoms with van der Waals surface area (Å²) in [7, 11) is 0. The van der Waals surface area contributed by atoms with Gasteiger partial charge in [0.15, 0.2) is 5.13 Å². The van der Waals surface area contributed by atoms with E-state index in [0.29, 0.717) is 17.3 Å². The second-order valence-corrected chi connectivity index (χ2v) is 6.83. The van der Waals surface area contributed by atoms with Crippen LogP contribution < -0.4 is 10.1 Å². The minimum Gasteiger partial charge on any atom is -0.487 e. The number of fused-ring (bicyclic) bond motifs is 3. The van der Waals surface area contributed by atoms with Gasteiger partial charge in [-0.2, -0.15) is 0 Å². The Balaban J connectivity index is 1.46. The van der Waals surface area contributed by atoms with Crippen molar-refractivity contribution >= 4 is 34.1 Å². The summed E-state index contributed by atoms with van der Waals surface area (Å²) in [6, 6.07) is 13.6. The molecule has 0 spiro atoms. The van der Waals surface area contributed by atoms with Crippen molar-refractivity contribution in [1.82, 2.24) is 4.98 Å². The molecular formula is C19H13N3O4S. The third kappa shape index (κ3) is 3.56. The average molecular weight is 379 g/mol. The molecule has 0 fully saturated rings. The monoisotopic (exact) mass is 379 g/mol. The summed E-state index contributed by atoms with van der Waals surface area (Å²) in [6.45, 7) is 0.429. The summed E-state index contributed by atoms with van der Waals surface area (Å²) in [5.41, 5.74) is 2.44. The lowest BCUT2D eigenvalue weighted by atomic mass is 10.1. The molecule has 2 aromatic carbocycles. The number of non-ortho nitro benzene ring substituents is 1. The van der Waals surface area contributed by atoms with Crippen LogP contribution in [0.2, 0.25) is 0 Å². The number of carbonyl (C=O) groups excluding carboxylic acids is 1. The molecule has 7 nitrogen and oxygen atoms in total. The molecule has 1 aliphatic heterocycles. The van der Waals surface area contributed by atoms with E-state index in [9.17, 15) is 14.9 Å². The summed E-state index contributed by atoms with van der Waals surface area (Å²) in [5.74, 6) is 0.458. The van der Waals surface area contributed by atoms with Gasteiger partial charge in [-0.25, -0.2) is 4.98 Å². The Morgan fingerprint density at radius 2 is 2.00 bits per heavy atom. The summed E-state index contributed by atoms with van der Waals surface area (Å²) in [4.78, 5) is 27.8. The van der Waals surface area contributed by atoms with Gasteiger partial charge in [0.2, 0.25) is 5.91 Å². The predicted octanol–water partition coefficient (Wildman–Crippen LogP) is 4.26. The van der Waals surface area contributed by atoms with E-state index in [1.165, 1.54) is 29.5 Å². The molecule has 1 N–H and O–H groups in total. The number of aromatic nitrogens is 1. The molecule has 134 valence electrons. The number of hydrogen-bond acceptors (Lipinski definition) is 6. The Hall–Kier alpha value is -3.52. The van der Waals surface area contributed by atoms with Crippen LogP contribution in [0, 0.1) is 10.1 Å². The molecular weight excluding hydrogens is 366 g/mol. The lowest BCUT2D eigenvalue weighted by molar-refractivity contribution is -0.384. The highest BCUT2D eigenvalue weighted by Crippen LogP contribution is 2.40. The van der Waals surface area contributed by atoms with Crippen LogP contribution in [-0.4, -0.2) is 15.8 Å². The van der Waals surface area contributed by atoms with E-state index in [2.05, 4.69) is 10.3 Å². The third-order valence-electron chi connectivity index (χ3n) is 3.96. The molecule has 3 aromatic rings. The second-order valence-electron chi connectivity index (χ2n) is 5.75. The third-order valence-corrected chi connectivity index (χ3v) is 4.90. The maximum absolute atomic E-state index is 12.1. The van der Waals surface area contributed by atoms with Gasteiger partial charge >= 0.3 is 0 Å². The van der Waals surface area contributed by atoms with E-state index in [-0.39, 0.29) is 11.6 Å². The van der Waals surface area contributed by atoms with Gasteiger partial charge in [-0.05, 0) is 35.9 Å². The van der Waals surface area contributed by atoms with Gasteiger partial charge in [-0.3, -0.25) is 20.2 Å². The van der Waals surface area contributed by atoms with Crippen LogP contribution in [0.4, 0.5) is 10.8 Å². The number of carbonyl (C=O) groups is 1. The molecule has 1 aromatic heterocycles. The number of anilines is 1. The number of nitro benzene ring substituents is 1. The topological polar surface area (TPSA) is 94.4 Å². The van der Waals surface area contributed by atoms with Gasteiger partial charge in [0.25, 0.3) is 5.69 Å². The van der Waals surface area contributed by atoms with Crippen LogP contribution in [0.25, 0.3) is 17.3 Å². The van der Waals surface area contributed by atoms with Crippen molar-refractivity contribution in [3.8, 4) is 17.0 Å². The number of hydrogen-bond donors (Lipinski definition) is 1. The van der Waals surface area contributed by atoms with E-state index in [0.717, 1.165) is 21.9 Å². The Labute approximate surface area is 158 Å². The van der Waals surface area contributed by atoms with E-state index >= 15 is 0 Å². The first-order chi connectivity index (χ1) is 13.1. The number of nitrogens with one attached hydrogen (secondary N) is 1. The first-order valence-electron chi connectivity index (χ1n) is 8.05. The Morgan fingerprint density at radius 3 is 2.78 bits per heavy atom. The zero-order chi connectivity index (χ0) is 18.8. The molecule has 0 radical (unpaired) electrons. The molecule has 0 saturated heterocycles. The molecule has 0 atom stereocenters. The Bertz CT molecular complexity index is 1060. The van der Waals surface area contributed by atoms with Crippen LogP contribution in [-0.2, 0) is 11.4 Å². The van der Waals surface area contributed by atoms with Crippen molar-refractivity contribution in [1.29, 1.82) is 0 Å². The summed E-state index contributed by atoms with van der Waals surface area (Å²) in [6.07, 6.45) is 2.96. The highest BCUT2D eigenvalue weighted by atomic mass is 32.1. The first-order valence-corrected chi connectivity index (χ1v) is 8.87. The minimum absolute atomic E-state index is 0.00691. The number of nitrogens with zero attached hydrogens (tertiary/aromatic N) is 2. The van der Waals surface area contributed by atoms with Gasteiger partial charge in [0.1, 0.15) is 12.4 Å². The van der Waals surface area contributed by atoms with Crippen molar-refractivity contribution in [2.75, 3.05) is 5.32 Å². The molecule has 1 aliphatic rings. The van der Waals surface area contributed by atoms with Gasteiger partial charge in [-0.15, -0.1) is 0 Å². The number of para-hydroxylation sites is 1. The van der Waals surface area contributed by atoms with E-state index in [4.69, 9.17) is 4.74 Å². The molecule has 4 rings (SSSR count). The molecule has 0 bridgehead atoms. The molecule has 8 heteroatoms. The van der Waals surface area contributed by atoms with Crippen LogP contribution in [0.15, 0.2) is 54.6 Å². The fourth-order valence-electron chi connectivity index (χ4n) is 2.67. The average Bonchev–Trinajstić information content (AvgIpc) is 3.09. The fraction of sp³-hybridized carbons (Fsp3) is 0.0526. The second kappa shape index (κ2) is 7.00. The maximum Gasteiger partial charge on any atom is 0.269 e. The molecule has 0 aliphatic carbocycles. The van der Waals surface area contributed by atoms with Crippen LogP contribution in [0.1, 0.15) is 10.4 Å². The van der Waals surface area contributed by atoms with E-state index < -0.39 is 4.92 Å². The maximum atomic E-state index is 12.1. The van der Waals surface area contributed by atoms with Gasteiger partial charge in [0.05, 0.1) is 15.5 Å². The molecule has 27 heavy (non-hydrogen) atoms. The van der Waals surface area contributed by atoms with Crippen LogP contribution in [0.3, 0.4) is 0 Å².